The predicted molar refractivity (Wildman–Crippen MR) is 77.3 cm³/mol. The maximum absolute atomic E-state index is 5.87. The standard InChI is InChI=1S/C15H21N3/c1-18(11-14(17)9-16)10-13-7-4-6-12-5-2-3-8-15(12)13/h2-8,14H,9-11,16-17H2,1H3. The third-order valence-corrected chi connectivity index (χ3v) is 3.17. The second kappa shape index (κ2) is 5.96. The van der Waals surface area contributed by atoms with Gasteiger partial charge >= 0.3 is 0 Å². The molecule has 4 N–H and O–H groups in total. The third-order valence-electron chi connectivity index (χ3n) is 3.17. The number of likely N-dealkylation sites (N-methyl/N-ethyl adjacent to an activating group) is 1. The summed E-state index contributed by atoms with van der Waals surface area (Å²) in [5.41, 5.74) is 12.8. The van der Waals surface area contributed by atoms with E-state index in [9.17, 15) is 0 Å². The van der Waals surface area contributed by atoms with E-state index in [0.717, 1.165) is 13.1 Å². The first kappa shape index (κ1) is 13.0. The highest BCUT2D eigenvalue weighted by atomic mass is 15.1. The number of nitrogens with zero attached hydrogens (tertiary/aromatic N) is 1. The number of hydrogen-bond donors (Lipinski definition) is 2. The Morgan fingerprint density at radius 1 is 1.11 bits per heavy atom. The molecular formula is C15H21N3. The summed E-state index contributed by atoms with van der Waals surface area (Å²) < 4.78 is 0. The van der Waals surface area contributed by atoms with E-state index >= 15 is 0 Å². The molecule has 2 rings (SSSR count). The highest BCUT2D eigenvalue weighted by Crippen LogP contribution is 2.19. The van der Waals surface area contributed by atoms with Crippen LogP contribution in [0.3, 0.4) is 0 Å². The smallest absolute Gasteiger partial charge is 0.0292 e. The molecule has 0 amide bonds. The minimum atomic E-state index is 0.0463. The molecule has 0 saturated carbocycles. The van der Waals surface area contributed by atoms with E-state index < -0.39 is 0 Å². The zero-order chi connectivity index (χ0) is 13.0. The van der Waals surface area contributed by atoms with Gasteiger partial charge in [0.1, 0.15) is 0 Å². The summed E-state index contributed by atoms with van der Waals surface area (Å²) in [5.74, 6) is 0. The van der Waals surface area contributed by atoms with Crippen LogP contribution in [-0.2, 0) is 6.54 Å². The molecule has 2 aromatic rings. The van der Waals surface area contributed by atoms with Crippen LogP contribution in [0.5, 0.6) is 0 Å². The highest BCUT2D eigenvalue weighted by molar-refractivity contribution is 5.85. The highest BCUT2D eigenvalue weighted by Gasteiger charge is 2.07. The van der Waals surface area contributed by atoms with Crippen molar-refractivity contribution in [3.05, 3.63) is 48.0 Å². The van der Waals surface area contributed by atoms with E-state index in [1.54, 1.807) is 0 Å². The first-order valence-corrected chi connectivity index (χ1v) is 6.31. The van der Waals surface area contributed by atoms with Crippen molar-refractivity contribution in [3.63, 3.8) is 0 Å². The minimum Gasteiger partial charge on any atom is -0.329 e. The fraction of sp³-hybridized carbons (Fsp3) is 0.333. The Balaban J connectivity index is 2.16. The van der Waals surface area contributed by atoms with Crippen LogP contribution < -0.4 is 11.5 Å². The lowest BCUT2D eigenvalue weighted by Gasteiger charge is -2.21. The fourth-order valence-electron chi connectivity index (χ4n) is 2.26. The summed E-state index contributed by atoms with van der Waals surface area (Å²) >= 11 is 0. The molecule has 0 radical (unpaired) electrons. The molecule has 18 heavy (non-hydrogen) atoms. The lowest BCUT2D eigenvalue weighted by atomic mass is 10.0. The molecule has 0 aliphatic heterocycles. The molecule has 0 heterocycles. The fourth-order valence-corrected chi connectivity index (χ4v) is 2.26. The second-order valence-electron chi connectivity index (χ2n) is 4.83. The lowest BCUT2D eigenvalue weighted by molar-refractivity contribution is 0.306. The molecule has 1 atom stereocenters. The Bertz CT molecular complexity index is 505. The quantitative estimate of drug-likeness (QED) is 0.838. The topological polar surface area (TPSA) is 55.3 Å². The van der Waals surface area contributed by atoms with Gasteiger partial charge in [-0.1, -0.05) is 42.5 Å². The summed E-state index contributed by atoms with van der Waals surface area (Å²) in [4.78, 5) is 2.22. The Kier molecular flexibility index (Phi) is 4.31. The summed E-state index contributed by atoms with van der Waals surface area (Å²) in [6.45, 7) is 2.24. The first-order valence-electron chi connectivity index (χ1n) is 6.31. The molecule has 0 aromatic heterocycles. The van der Waals surface area contributed by atoms with Crippen LogP contribution in [0.2, 0.25) is 0 Å². The van der Waals surface area contributed by atoms with E-state index in [0.29, 0.717) is 6.54 Å². The van der Waals surface area contributed by atoms with Crippen molar-refractivity contribution < 1.29 is 0 Å². The van der Waals surface area contributed by atoms with Gasteiger partial charge in [0.2, 0.25) is 0 Å². The van der Waals surface area contributed by atoms with Gasteiger partial charge in [0, 0.05) is 25.7 Å². The van der Waals surface area contributed by atoms with Crippen molar-refractivity contribution in [2.75, 3.05) is 20.1 Å². The van der Waals surface area contributed by atoms with Crippen LogP contribution in [0, 0.1) is 0 Å². The number of rotatable bonds is 5. The average molecular weight is 243 g/mol. The number of hydrogen-bond acceptors (Lipinski definition) is 3. The van der Waals surface area contributed by atoms with Gasteiger partial charge in [-0.25, -0.2) is 0 Å². The normalized spacial score (nSPS) is 13.1. The largest absolute Gasteiger partial charge is 0.329 e. The Morgan fingerprint density at radius 3 is 2.61 bits per heavy atom. The van der Waals surface area contributed by atoms with E-state index in [4.69, 9.17) is 11.5 Å². The number of fused-ring (bicyclic) bond motifs is 1. The minimum absolute atomic E-state index is 0.0463. The molecule has 0 saturated heterocycles. The molecule has 3 heteroatoms. The summed E-state index contributed by atoms with van der Waals surface area (Å²) in [6.07, 6.45) is 0. The second-order valence-corrected chi connectivity index (χ2v) is 4.83. The predicted octanol–water partition coefficient (Wildman–Crippen LogP) is 1.56. The molecule has 2 aromatic carbocycles. The van der Waals surface area contributed by atoms with Crippen LogP contribution >= 0.6 is 0 Å². The monoisotopic (exact) mass is 243 g/mol. The maximum Gasteiger partial charge on any atom is 0.0292 e. The van der Waals surface area contributed by atoms with Gasteiger partial charge in [0.15, 0.2) is 0 Å². The van der Waals surface area contributed by atoms with Gasteiger partial charge in [-0.3, -0.25) is 0 Å². The lowest BCUT2D eigenvalue weighted by Crippen LogP contribution is -2.40. The van der Waals surface area contributed by atoms with Gasteiger partial charge < -0.3 is 16.4 Å². The van der Waals surface area contributed by atoms with Gasteiger partial charge in [-0.05, 0) is 23.4 Å². The van der Waals surface area contributed by atoms with E-state index in [1.165, 1.54) is 16.3 Å². The molecule has 96 valence electrons. The summed E-state index contributed by atoms with van der Waals surface area (Å²) in [5, 5.41) is 2.60. The van der Waals surface area contributed by atoms with Crippen molar-refractivity contribution in [2.24, 2.45) is 11.5 Å². The molecule has 3 nitrogen and oxygen atoms in total. The van der Waals surface area contributed by atoms with Gasteiger partial charge in [0.05, 0.1) is 0 Å². The summed E-state index contributed by atoms with van der Waals surface area (Å²) in [6, 6.07) is 14.9. The Hall–Kier alpha value is -1.42. The Labute approximate surface area is 108 Å². The molecule has 0 fully saturated rings. The maximum atomic E-state index is 5.87. The van der Waals surface area contributed by atoms with Crippen molar-refractivity contribution in [3.8, 4) is 0 Å². The number of benzene rings is 2. The van der Waals surface area contributed by atoms with Gasteiger partial charge in [-0.2, -0.15) is 0 Å². The zero-order valence-electron chi connectivity index (χ0n) is 10.8. The zero-order valence-corrected chi connectivity index (χ0v) is 10.8. The first-order chi connectivity index (χ1) is 8.70. The van der Waals surface area contributed by atoms with Gasteiger partial charge in [0.25, 0.3) is 0 Å². The van der Waals surface area contributed by atoms with E-state index in [-0.39, 0.29) is 6.04 Å². The van der Waals surface area contributed by atoms with Crippen LogP contribution in [0.25, 0.3) is 10.8 Å². The molecule has 0 spiro atoms. The molecule has 1 unspecified atom stereocenters. The van der Waals surface area contributed by atoms with Crippen molar-refractivity contribution in [2.45, 2.75) is 12.6 Å². The summed E-state index contributed by atoms with van der Waals surface area (Å²) in [7, 11) is 2.08. The molecule has 0 aliphatic rings. The average Bonchev–Trinajstić information content (AvgIpc) is 2.39. The molecule has 0 bridgehead atoms. The van der Waals surface area contributed by atoms with Crippen molar-refractivity contribution >= 4 is 10.8 Å². The van der Waals surface area contributed by atoms with E-state index in [1.807, 2.05) is 0 Å². The van der Waals surface area contributed by atoms with E-state index in [2.05, 4.69) is 54.4 Å². The van der Waals surface area contributed by atoms with Crippen LogP contribution in [-0.4, -0.2) is 31.1 Å². The number of nitrogens with two attached hydrogens (primary N) is 2. The molecular weight excluding hydrogens is 222 g/mol. The van der Waals surface area contributed by atoms with Crippen LogP contribution in [0.15, 0.2) is 42.5 Å². The van der Waals surface area contributed by atoms with Gasteiger partial charge in [-0.15, -0.1) is 0 Å². The van der Waals surface area contributed by atoms with Crippen molar-refractivity contribution in [1.29, 1.82) is 0 Å². The molecule has 0 aliphatic carbocycles. The third kappa shape index (κ3) is 3.07. The van der Waals surface area contributed by atoms with Crippen LogP contribution in [0.4, 0.5) is 0 Å². The Morgan fingerprint density at radius 2 is 1.83 bits per heavy atom. The SMILES string of the molecule is CN(Cc1cccc2ccccc12)CC(N)CN. The van der Waals surface area contributed by atoms with Crippen LogP contribution in [0.1, 0.15) is 5.56 Å². The van der Waals surface area contributed by atoms with Crippen molar-refractivity contribution in [1.82, 2.24) is 4.90 Å².